The number of hydrogen-bond acceptors (Lipinski definition) is 2. The standard InChI is InChI=1S/C19H32O2/c1-6-16(2)12-8-15-17(3)10-7-11-18(4,20)14(17)9-13-19(15,5)21-16/h6,14-15,20H,1,7-13H2,2-5H3. The average molecular weight is 292 g/mol. The van der Waals surface area contributed by atoms with Crippen LogP contribution in [0.5, 0.6) is 0 Å². The molecule has 21 heavy (non-hydrogen) atoms. The molecular formula is C19H32O2. The molecule has 2 aliphatic carbocycles. The van der Waals surface area contributed by atoms with Crippen LogP contribution in [-0.2, 0) is 4.74 Å². The second-order valence-corrected chi connectivity index (χ2v) is 8.83. The monoisotopic (exact) mass is 292 g/mol. The van der Waals surface area contributed by atoms with Crippen LogP contribution >= 0.6 is 0 Å². The van der Waals surface area contributed by atoms with E-state index < -0.39 is 5.60 Å². The summed E-state index contributed by atoms with van der Waals surface area (Å²) < 4.78 is 6.60. The van der Waals surface area contributed by atoms with Gasteiger partial charge in [0.05, 0.1) is 16.8 Å². The maximum Gasteiger partial charge on any atom is 0.0839 e. The summed E-state index contributed by atoms with van der Waals surface area (Å²) >= 11 is 0. The molecule has 1 N–H and O–H groups in total. The maximum atomic E-state index is 10.9. The van der Waals surface area contributed by atoms with E-state index in [0.717, 1.165) is 32.1 Å². The van der Waals surface area contributed by atoms with Gasteiger partial charge < -0.3 is 9.84 Å². The summed E-state index contributed by atoms with van der Waals surface area (Å²) in [4.78, 5) is 0. The first-order chi connectivity index (χ1) is 9.65. The molecule has 6 unspecified atom stereocenters. The predicted octanol–water partition coefficient (Wildman–Crippen LogP) is 4.47. The lowest BCUT2D eigenvalue weighted by Gasteiger charge is -2.64. The zero-order valence-corrected chi connectivity index (χ0v) is 14.2. The average Bonchev–Trinajstić information content (AvgIpc) is 2.36. The molecule has 2 heteroatoms. The van der Waals surface area contributed by atoms with Crippen molar-refractivity contribution in [3.8, 4) is 0 Å². The highest BCUT2D eigenvalue weighted by molar-refractivity contribution is 5.13. The van der Waals surface area contributed by atoms with Gasteiger partial charge >= 0.3 is 0 Å². The SMILES string of the molecule is C=CC1(C)CCC2C(C)(CCC3C(C)(O)CCCC32C)O1. The molecule has 3 aliphatic rings. The minimum absolute atomic E-state index is 0.0557. The summed E-state index contributed by atoms with van der Waals surface area (Å²) in [5.74, 6) is 0.983. The van der Waals surface area contributed by atoms with Gasteiger partial charge in [-0.25, -0.2) is 0 Å². The van der Waals surface area contributed by atoms with Crippen molar-refractivity contribution in [3.05, 3.63) is 12.7 Å². The van der Waals surface area contributed by atoms with E-state index in [0.29, 0.717) is 11.8 Å². The minimum Gasteiger partial charge on any atom is -0.390 e. The quantitative estimate of drug-likeness (QED) is 0.723. The fraction of sp³-hybridized carbons (Fsp3) is 0.895. The first-order valence-electron chi connectivity index (χ1n) is 8.71. The molecule has 1 heterocycles. The number of fused-ring (bicyclic) bond motifs is 3. The van der Waals surface area contributed by atoms with Gasteiger partial charge in [0.25, 0.3) is 0 Å². The second-order valence-electron chi connectivity index (χ2n) is 8.83. The molecule has 2 nitrogen and oxygen atoms in total. The summed E-state index contributed by atoms with van der Waals surface area (Å²) in [6.45, 7) is 13.0. The Bertz CT molecular complexity index is 443. The van der Waals surface area contributed by atoms with Gasteiger partial charge in [-0.3, -0.25) is 0 Å². The molecule has 0 aromatic carbocycles. The van der Waals surface area contributed by atoms with E-state index >= 15 is 0 Å². The van der Waals surface area contributed by atoms with Crippen molar-refractivity contribution in [2.75, 3.05) is 0 Å². The van der Waals surface area contributed by atoms with E-state index in [9.17, 15) is 5.11 Å². The third kappa shape index (κ3) is 2.21. The Kier molecular flexibility index (Phi) is 3.39. The van der Waals surface area contributed by atoms with Gasteiger partial charge in [-0.2, -0.15) is 0 Å². The highest BCUT2D eigenvalue weighted by Gasteiger charge is 2.61. The van der Waals surface area contributed by atoms with Crippen LogP contribution in [0.25, 0.3) is 0 Å². The second kappa shape index (κ2) is 4.58. The third-order valence-corrected chi connectivity index (χ3v) is 7.24. The molecule has 1 saturated heterocycles. The zero-order valence-electron chi connectivity index (χ0n) is 14.2. The summed E-state index contributed by atoms with van der Waals surface area (Å²) in [5, 5.41) is 10.9. The lowest BCUT2D eigenvalue weighted by molar-refractivity contribution is -0.261. The lowest BCUT2D eigenvalue weighted by Crippen LogP contribution is -2.64. The topological polar surface area (TPSA) is 29.5 Å². The van der Waals surface area contributed by atoms with E-state index in [4.69, 9.17) is 4.74 Å². The first kappa shape index (κ1) is 15.6. The molecule has 0 aromatic rings. The van der Waals surface area contributed by atoms with Crippen molar-refractivity contribution in [2.45, 2.75) is 89.4 Å². The van der Waals surface area contributed by atoms with Gasteiger partial charge in [-0.1, -0.05) is 19.4 Å². The summed E-state index contributed by atoms with van der Waals surface area (Å²) in [6, 6.07) is 0. The van der Waals surface area contributed by atoms with Crippen molar-refractivity contribution in [1.82, 2.24) is 0 Å². The molecule has 0 aromatic heterocycles. The summed E-state index contributed by atoms with van der Waals surface area (Å²) in [7, 11) is 0. The van der Waals surface area contributed by atoms with E-state index in [1.807, 2.05) is 6.08 Å². The largest absolute Gasteiger partial charge is 0.390 e. The molecule has 3 rings (SSSR count). The van der Waals surface area contributed by atoms with Gasteiger partial charge in [-0.15, -0.1) is 6.58 Å². The van der Waals surface area contributed by atoms with Gasteiger partial charge in [-0.05, 0) is 76.5 Å². The molecule has 6 atom stereocenters. The highest BCUT2D eigenvalue weighted by Crippen LogP contribution is 2.63. The van der Waals surface area contributed by atoms with Crippen molar-refractivity contribution in [1.29, 1.82) is 0 Å². The Balaban J connectivity index is 1.94. The molecule has 120 valence electrons. The molecule has 0 radical (unpaired) electrons. The third-order valence-electron chi connectivity index (χ3n) is 7.24. The first-order valence-corrected chi connectivity index (χ1v) is 8.71. The smallest absolute Gasteiger partial charge is 0.0839 e. The fourth-order valence-corrected chi connectivity index (χ4v) is 6.16. The molecule has 1 aliphatic heterocycles. The van der Waals surface area contributed by atoms with Crippen molar-refractivity contribution < 1.29 is 9.84 Å². The Morgan fingerprint density at radius 3 is 2.33 bits per heavy atom. The molecular weight excluding hydrogens is 260 g/mol. The Labute approximate surface area is 130 Å². The molecule has 2 saturated carbocycles. The Morgan fingerprint density at radius 1 is 1.00 bits per heavy atom. The van der Waals surface area contributed by atoms with E-state index in [-0.39, 0.29) is 16.6 Å². The fourth-order valence-electron chi connectivity index (χ4n) is 6.16. The number of aliphatic hydroxyl groups is 1. The van der Waals surface area contributed by atoms with E-state index in [1.165, 1.54) is 12.8 Å². The highest BCUT2D eigenvalue weighted by atomic mass is 16.5. The van der Waals surface area contributed by atoms with Gasteiger partial charge in [0.15, 0.2) is 0 Å². The Morgan fingerprint density at radius 2 is 1.67 bits per heavy atom. The van der Waals surface area contributed by atoms with Crippen LogP contribution in [0, 0.1) is 17.3 Å². The van der Waals surface area contributed by atoms with Gasteiger partial charge in [0, 0.05) is 0 Å². The van der Waals surface area contributed by atoms with Crippen molar-refractivity contribution >= 4 is 0 Å². The number of ether oxygens (including phenoxy) is 1. The van der Waals surface area contributed by atoms with Gasteiger partial charge in [0.2, 0.25) is 0 Å². The lowest BCUT2D eigenvalue weighted by atomic mass is 9.46. The van der Waals surface area contributed by atoms with Gasteiger partial charge in [0.1, 0.15) is 0 Å². The molecule has 3 fully saturated rings. The van der Waals surface area contributed by atoms with Crippen LogP contribution in [0.3, 0.4) is 0 Å². The van der Waals surface area contributed by atoms with Crippen LogP contribution in [0.15, 0.2) is 12.7 Å². The predicted molar refractivity (Wildman–Crippen MR) is 86.1 cm³/mol. The van der Waals surface area contributed by atoms with Crippen LogP contribution in [-0.4, -0.2) is 21.9 Å². The number of hydrogen-bond donors (Lipinski definition) is 1. The minimum atomic E-state index is -0.493. The van der Waals surface area contributed by atoms with Crippen LogP contribution in [0.1, 0.15) is 72.6 Å². The van der Waals surface area contributed by atoms with Crippen LogP contribution in [0.4, 0.5) is 0 Å². The summed E-state index contributed by atoms with van der Waals surface area (Å²) in [6.07, 6.45) is 9.74. The number of rotatable bonds is 1. The maximum absolute atomic E-state index is 10.9. The zero-order chi connectivity index (χ0) is 15.5. The van der Waals surface area contributed by atoms with E-state index in [2.05, 4.69) is 34.3 Å². The molecule has 0 spiro atoms. The van der Waals surface area contributed by atoms with E-state index in [1.54, 1.807) is 0 Å². The molecule has 0 bridgehead atoms. The Hall–Kier alpha value is -0.340. The molecule has 0 amide bonds. The normalized spacial score (nSPS) is 57.2. The summed E-state index contributed by atoms with van der Waals surface area (Å²) in [5.41, 5.74) is -0.504. The van der Waals surface area contributed by atoms with Crippen molar-refractivity contribution in [2.24, 2.45) is 17.3 Å². The van der Waals surface area contributed by atoms with Crippen molar-refractivity contribution in [3.63, 3.8) is 0 Å². The van der Waals surface area contributed by atoms with Crippen LogP contribution < -0.4 is 0 Å². The van der Waals surface area contributed by atoms with Crippen LogP contribution in [0.2, 0.25) is 0 Å².